The zero-order valence-electron chi connectivity index (χ0n) is 13.7. The molecular weight excluding hydrogens is 330 g/mol. The Bertz CT molecular complexity index is 663. The largest absolute Gasteiger partial charge is 0.396 e. The Balaban J connectivity index is 1.66. The lowest BCUT2D eigenvalue weighted by molar-refractivity contribution is 0.124. The minimum atomic E-state index is -0.577. The second kappa shape index (κ2) is 7.68. The van der Waals surface area contributed by atoms with Crippen LogP contribution >= 0.6 is 11.3 Å². The van der Waals surface area contributed by atoms with Crippen LogP contribution in [-0.4, -0.2) is 34.7 Å². The van der Waals surface area contributed by atoms with Gasteiger partial charge in [0.15, 0.2) is 0 Å². The smallest absolute Gasteiger partial charge is 0.136 e. The summed E-state index contributed by atoms with van der Waals surface area (Å²) in [6.45, 7) is 1.00. The fraction of sp³-hybridized carbons (Fsp3) is 0.500. The molecule has 24 heavy (non-hydrogen) atoms. The normalized spacial score (nSPS) is 21.4. The van der Waals surface area contributed by atoms with Crippen molar-refractivity contribution in [2.75, 3.05) is 13.7 Å². The monoisotopic (exact) mass is 352 g/mol. The molecule has 1 aromatic heterocycles. The molecule has 1 aliphatic carbocycles. The quantitative estimate of drug-likeness (QED) is 0.881. The fourth-order valence-corrected chi connectivity index (χ4v) is 4.37. The van der Waals surface area contributed by atoms with E-state index in [1.54, 1.807) is 6.20 Å². The van der Waals surface area contributed by atoms with E-state index in [9.17, 15) is 13.9 Å². The number of aliphatic hydroxyl groups is 1. The van der Waals surface area contributed by atoms with Crippen LogP contribution in [-0.2, 0) is 6.54 Å². The molecule has 0 spiro atoms. The highest BCUT2D eigenvalue weighted by molar-refractivity contribution is 7.15. The highest BCUT2D eigenvalue weighted by atomic mass is 32.1. The van der Waals surface area contributed by atoms with Crippen LogP contribution in [0.4, 0.5) is 8.78 Å². The van der Waals surface area contributed by atoms with Crippen molar-refractivity contribution in [3.05, 3.63) is 40.9 Å². The molecule has 0 radical (unpaired) electrons. The zero-order chi connectivity index (χ0) is 17.1. The minimum Gasteiger partial charge on any atom is -0.396 e. The van der Waals surface area contributed by atoms with Crippen LogP contribution in [0.5, 0.6) is 0 Å². The summed E-state index contributed by atoms with van der Waals surface area (Å²) < 4.78 is 27.7. The van der Waals surface area contributed by atoms with Crippen molar-refractivity contribution in [1.82, 2.24) is 9.88 Å². The van der Waals surface area contributed by atoms with Crippen molar-refractivity contribution in [3.63, 3.8) is 0 Å². The molecule has 0 saturated heterocycles. The van der Waals surface area contributed by atoms with Gasteiger partial charge in [0.25, 0.3) is 0 Å². The highest BCUT2D eigenvalue weighted by Crippen LogP contribution is 2.32. The number of hydrogen-bond acceptors (Lipinski definition) is 4. The van der Waals surface area contributed by atoms with E-state index in [0.717, 1.165) is 37.1 Å². The van der Waals surface area contributed by atoms with E-state index < -0.39 is 11.6 Å². The Morgan fingerprint density at radius 1 is 1.21 bits per heavy atom. The number of halogens is 2. The maximum absolute atomic E-state index is 13.9. The van der Waals surface area contributed by atoms with Crippen LogP contribution in [0.15, 0.2) is 24.4 Å². The van der Waals surface area contributed by atoms with Crippen LogP contribution in [0.3, 0.4) is 0 Å². The molecule has 130 valence electrons. The van der Waals surface area contributed by atoms with Gasteiger partial charge >= 0.3 is 0 Å². The van der Waals surface area contributed by atoms with E-state index >= 15 is 0 Å². The summed E-state index contributed by atoms with van der Waals surface area (Å²) in [5, 5.41) is 9.61. The summed E-state index contributed by atoms with van der Waals surface area (Å²) in [6.07, 6.45) is 5.98. The maximum Gasteiger partial charge on any atom is 0.136 e. The predicted molar refractivity (Wildman–Crippen MR) is 91.8 cm³/mol. The van der Waals surface area contributed by atoms with E-state index in [1.165, 1.54) is 29.5 Å². The summed E-state index contributed by atoms with van der Waals surface area (Å²) in [7, 11) is 2.08. The minimum absolute atomic E-state index is 0.0418. The molecule has 0 unspecified atom stereocenters. The lowest BCUT2D eigenvalue weighted by Gasteiger charge is -2.33. The Kier molecular flexibility index (Phi) is 5.58. The molecule has 1 aromatic carbocycles. The van der Waals surface area contributed by atoms with Gasteiger partial charge in [-0.25, -0.2) is 13.8 Å². The molecule has 6 heteroatoms. The van der Waals surface area contributed by atoms with Crippen molar-refractivity contribution < 1.29 is 13.9 Å². The van der Waals surface area contributed by atoms with Gasteiger partial charge in [0.05, 0.1) is 5.56 Å². The van der Waals surface area contributed by atoms with Gasteiger partial charge in [-0.3, -0.25) is 4.90 Å². The summed E-state index contributed by atoms with van der Waals surface area (Å²) in [5.41, 5.74) is -0.0418. The van der Waals surface area contributed by atoms with Gasteiger partial charge in [0, 0.05) is 30.3 Å². The van der Waals surface area contributed by atoms with Crippen molar-refractivity contribution in [2.45, 2.75) is 38.3 Å². The third-order valence-corrected chi connectivity index (χ3v) is 5.83. The number of benzene rings is 1. The number of rotatable bonds is 5. The third-order valence-electron chi connectivity index (χ3n) is 4.83. The summed E-state index contributed by atoms with van der Waals surface area (Å²) in [6, 6.07) is 4.36. The zero-order valence-corrected chi connectivity index (χ0v) is 14.5. The number of nitrogens with zero attached hydrogens (tertiary/aromatic N) is 2. The van der Waals surface area contributed by atoms with Gasteiger partial charge in [0.1, 0.15) is 16.6 Å². The molecule has 1 saturated carbocycles. The predicted octanol–water partition coefficient (Wildman–Crippen LogP) is 4.07. The highest BCUT2D eigenvalue weighted by Gasteiger charge is 2.24. The van der Waals surface area contributed by atoms with E-state index in [0.29, 0.717) is 17.0 Å². The van der Waals surface area contributed by atoms with Crippen LogP contribution < -0.4 is 0 Å². The summed E-state index contributed by atoms with van der Waals surface area (Å²) in [5.74, 6) is -0.716. The Labute approximate surface area is 145 Å². The van der Waals surface area contributed by atoms with Gasteiger partial charge in [-0.2, -0.15) is 0 Å². The topological polar surface area (TPSA) is 36.4 Å². The molecular formula is C18H22F2N2OS. The second-order valence-electron chi connectivity index (χ2n) is 6.50. The van der Waals surface area contributed by atoms with Gasteiger partial charge in [-0.15, -0.1) is 11.3 Å². The molecule has 2 aromatic rings. The molecule has 0 aliphatic heterocycles. The third kappa shape index (κ3) is 3.82. The van der Waals surface area contributed by atoms with E-state index in [1.807, 2.05) is 0 Å². The van der Waals surface area contributed by atoms with Crippen molar-refractivity contribution >= 4 is 11.3 Å². The van der Waals surface area contributed by atoms with E-state index in [4.69, 9.17) is 0 Å². The molecule has 0 atom stereocenters. The molecule has 3 nitrogen and oxygen atoms in total. The first-order chi connectivity index (χ1) is 11.6. The number of hydrogen-bond donors (Lipinski definition) is 1. The lowest BCUT2D eigenvalue weighted by atomic mass is 9.86. The van der Waals surface area contributed by atoms with Crippen LogP contribution in [0.1, 0.15) is 30.6 Å². The average Bonchev–Trinajstić information content (AvgIpc) is 3.03. The molecule has 1 heterocycles. The van der Waals surface area contributed by atoms with Gasteiger partial charge in [-0.05, 0) is 50.8 Å². The van der Waals surface area contributed by atoms with E-state index in [2.05, 4.69) is 16.9 Å². The first-order valence-corrected chi connectivity index (χ1v) is 9.10. The van der Waals surface area contributed by atoms with Crippen molar-refractivity contribution in [2.24, 2.45) is 5.92 Å². The molecule has 0 bridgehead atoms. The average molecular weight is 352 g/mol. The number of aliphatic hydroxyl groups excluding tert-OH is 1. The van der Waals surface area contributed by atoms with Crippen LogP contribution in [0.25, 0.3) is 10.6 Å². The maximum atomic E-state index is 13.9. The Morgan fingerprint density at radius 2 is 1.88 bits per heavy atom. The molecule has 0 amide bonds. The van der Waals surface area contributed by atoms with E-state index in [-0.39, 0.29) is 12.2 Å². The molecule has 1 N–H and O–H groups in total. The SMILES string of the molecule is CN(Cc1cnc(-c2c(F)cccc2F)s1)C1CCC(CO)CC1. The Morgan fingerprint density at radius 3 is 2.50 bits per heavy atom. The molecule has 3 rings (SSSR count). The Hall–Kier alpha value is -1.37. The molecule has 1 aliphatic rings. The second-order valence-corrected chi connectivity index (χ2v) is 7.62. The first kappa shape index (κ1) is 17.5. The van der Waals surface area contributed by atoms with Gasteiger partial charge in [0.2, 0.25) is 0 Å². The standard InChI is InChI=1S/C18H22F2N2OS/c1-22(13-7-5-12(11-23)6-8-13)10-14-9-21-18(24-14)17-15(19)3-2-4-16(17)20/h2-4,9,12-13,23H,5-8,10-11H2,1H3. The number of thiazole rings is 1. The number of aromatic nitrogens is 1. The first-order valence-electron chi connectivity index (χ1n) is 8.28. The summed E-state index contributed by atoms with van der Waals surface area (Å²) >= 11 is 1.34. The van der Waals surface area contributed by atoms with Gasteiger partial charge < -0.3 is 5.11 Å². The van der Waals surface area contributed by atoms with Crippen molar-refractivity contribution in [3.8, 4) is 10.6 Å². The van der Waals surface area contributed by atoms with Crippen LogP contribution in [0, 0.1) is 17.6 Å². The van der Waals surface area contributed by atoms with Crippen LogP contribution in [0.2, 0.25) is 0 Å². The molecule has 1 fully saturated rings. The summed E-state index contributed by atoms with van der Waals surface area (Å²) in [4.78, 5) is 7.49. The lowest BCUT2D eigenvalue weighted by Crippen LogP contribution is -2.35. The fourth-order valence-electron chi connectivity index (χ4n) is 3.34. The van der Waals surface area contributed by atoms with Gasteiger partial charge in [-0.1, -0.05) is 6.07 Å². The van der Waals surface area contributed by atoms with Crippen molar-refractivity contribution in [1.29, 1.82) is 0 Å².